The molecule has 2 heterocycles. The maximum atomic E-state index is 5.71. The smallest absolute Gasteiger partial charge is 0.142 e. The Kier molecular flexibility index (Phi) is 2.28. The third kappa shape index (κ3) is 1.80. The topological polar surface area (TPSA) is 64.7 Å². The summed E-state index contributed by atoms with van der Waals surface area (Å²) in [5.74, 6) is 0.374. The van der Waals surface area contributed by atoms with E-state index in [1.807, 2.05) is 0 Å². The lowest BCUT2D eigenvalue weighted by molar-refractivity contribution is 1.18. The molecule has 4 nitrogen and oxygen atoms in total. The molecular formula is C9H7ClN4. The molecule has 2 aromatic rings. The molecule has 0 aromatic carbocycles. The first-order valence-electron chi connectivity index (χ1n) is 3.95. The quantitative estimate of drug-likeness (QED) is 0.773. The molecule has 0 aliphatic rings. The van der Waals surface area contributed by atoms with Gasteiger partial charge in [0.2, 0.25) is 0 Å². The van der Waals surface area contributed by atoms with Crippen LogP contribution in [0.4, 0.5) is 5.82 Å². The van der Waals surface area contributed by atoms with Crippen LogP contribution in [0.25, 0.3) is 11.4 Å². The van der Waals surface area contributed by atoms with E-state index >= 15 is 0 Å². The van der Waals surface area contributed by atoms with Crippen LogP contribution in [0.15, 0.2) is 30.7 Å². The van der Waals surface area contributed by atoms with E-state index in [-0.39, 0.29) is 0 Å². The van der Waals surface area contributed by atoms with Gasteiger partial charge in [0.15, 0.2) is 0 Å². The second-order valence-electron chi connectivity index (χ2n) is 2.69. The van der Waals surface area contributed by atoms with Gasteiger partial charge in [0.05, 0.1) is 23.1 Å². The van der Waals surface area contributed by atoms with Gasteiger partial charge < -0.3 is 5.73 Å². The van der Waals surface area contributed by atoms with Crippen molar-refractivity contribution in [3.05, 3.63) is 35.7 Å². The first-order chi connectivity index (χ1) is 6.75. The Balaban J connectivity index is 2.44. The molecule has 0 radical (unpaired) electrons. The van der Waals surface area contributed by atoms with Gasteiger partial charge in [-0.25, -0.2) is 4.98 Å². The lowest BCUT2D eigenvalue weighted by atomic mass is 10.3. The van der Waals surface area contributed by atoms with Crippen molar-refractivity contribution in [3.63, 3.8) is 0 Å². The lowest BCUT2D eigenvalue weighted by Crippen LogP contribution is -1.94. The van der Waals surface area contributed by atoms with E-state index in [4.69, 9.17) is 17.3 Å². The maximum absolute atomic E-state index is 5.71. The molecule has 0 amide bonds. The second kappa shape index (κ2) is 3.59. The standard InChI is InChI=1S/C9H7ClN4/c10-6-1-2-7(13-3-6)8-4-12-5-9(11)14-8/h1-5H,(H2,11,14). The van der Waals surface area contributed by atoms with Crippen molar-refractivity contribution >= 4 is 17.4 Å². The van der Waals surface area contributed by atoms with Crippen LogP contribution in [-0.2, 0) is 0 Å². The van der Waals surface area contributed by atoms with Gasteiger partial charge in [-0.15, -0.1) is 0 Å². The van der Waals surface area contributed by atoms with Crippen LogP contribution in [-0.4, -0.2) is 15.0 Å². The van der Waals surface area contributed by atoms with Crippen LogP contribution in [0.1, 0.15) is 0 Å². The van der Waals surface area contributed by atoms with E-state index in [9.17, 15) is 0 Å². The molecule has 0 bridgehead atoms. The van der Waals surface area contributed by atoms with Gasteiger partial charge in [-0.2, -0.15) is 0 Å². The average molecular weight is 207 g/mol. The monoisotopic (exact) mass is 206 g/mol. The lowest BCUT2D eigenvalue weighted by Gasteiger charge is -1.99. The molecule has 0 fully saturated rings. The summed E-state index contributed by atoms with van der Waals surface area (Å²) < 4.78 is 0. The third-order valence-corrected chi connectivity index (χ3v) is 1.87. The molecule has 5 heteroatoms. The van der Waals surface area contributed by atoms with Crippen LogP contribution in [0.3, 0.4) is 0 Å². The van der Waals surface area contributed by atoms with E-state index in [2.05, 4.69) is 15.0 Å². The molecule has 0 atom stereocenters. The predicted molar refractivity (Wildman–Crippen MR) is 54.7 cm³/mol. The minimum absolute atomic E-state index is 0.374. The summed E-state index contributed by atoms with van der Waals surface area (Å²) in [6.45, 7) is 0. The molecule has 0 aliphatic heterocycles. The number of nitrogens with two attached hydrogens (primary N) is 1. The number of anilines is 1. The molecule has 14 heavy (non-hydrogen) atoms. The molecule has 2 N–H and O–H groups in total. The van der Waals surface area contributed by atoms with Crippen molar-refractivity contribution in [2.75, 3.05) is 5.73 Å². The van der Waals surface area contributed by atoms with E-state index in [0.717, 1.165) is 0 Å². The number of halogens is 1. The molecule has 0 aliphatic carbocycles. The molecule has 70 valence electrons. The third-order valence-electron chi connectivity index (χ3n) is 1.64. The predicted octanol–water partition coefficient (Wildman–Crippen LogP) is 1.77. The van der Waals surface area contributed by atoms with E-state index < -0.39 is 0 Å². The zero-order chi connectivity index (χ0) is 9.97. The number of hydrogen-bond donors (Lipinski definition) is 1. The van der Waals surface area contributed by atoms with Gasteiger partial charge in [-0.05, 0) is 12.1 Å². The van der Waals surface area contributed by atoms with Gasteiger partial charge >= 0.3 is 0 Å². The molecule has 2 aromatic heterocycles. The number of nitrogens with zero attached hydrogens (tertiary/aromatic N) is 3. The molecular weight excluding hydrogens is 200 g/mol. The number of aromatic nitrogens is 3. The SMILES string of the molecule is Nc1cncc(-c2ccc(Cl)cn2)n1. The number of nitrogen functional groups attached to an aromatic ring is 1. The zero-order valence-electron chi connectivity index (χ0n) is 7.18. The number of pyridine rings is 1. The van der Waals surface area contributed by atoms with Gasteiger partial charge in [0, 0.05) is 6.20 Å². The van der Waals surface area contributed by atoms with Crippen LogP contribution in [0, 0.1) is 0 Å². The van der Waals surface area contributed by atoms with E-state index in [1.165, 1.54) is 6.20 Å². The first-order valence-corrected chi connectivity index (χ1v) is 4.33. The zero-order valence-corrected chi connectivity index (χ0v) is 7.94. The minimum atomic E-state index is 0.374. The van der Waals surface area contributed by atoms with Gasteiger partial charge in [0.1, 0.15) is 11.5 Å². The molecule has 0 saturated heterocycles. The van der Waals surface area contributed by atoms with E-state index in [1.54, 1.807) is 24.5 Å². The summed E-state index contributed by atoms with van der Waals surface area (Å²) in [7, 11) is 0. The Bertz CT molecular complexity index is 441. The van der Waals surface area contributed by atoms with Crippen LogP contribution in [0.5, 0.6) is 0 Å². The van der Waals surface area contributed by atoms with Crippen LogP contribution in [0.2, 0.25) is 5.02 Å². The summed E-state index contributed by atoms with van der Waals surface area (Å²) in [6, 6.07) is 3.51. The van der Waals surface area contributed by atoms with Gasteiger partial charge in [-0.3, -0.25) is 9.97 Å². The largest absolute Gasteiger partial charge is 0.382 e. The van der Waals surface area contributed by atoms with Crippen LogP contribution >= 0.6 is 11.6 Å². The van der Waals surface area contributed by atoms with Crippen molar-refractivity contribution in [1.29, 1.82) is 0 Å². The first kappa shape index (κ1) is 8.90. The second-order valence-corrected chi connectivity index (χ2v) is 3.13. The fourth-order valence-corrected chi connectivity index (χ4v) is 1.14. The van der Waals surface area contributed by atoms with Gasteiger partial charge in [-0.1, -0.05) is 11.6 Å². The molecule has 0 spiro atoms. The van der Waals surface area contributed by atoms with Gasteiger partial charge in [0.25, 0.3) is 0 Å². The molecule has 2 rings (SSSR count). The van der Waals surface area contributed by atoms with Crippen LogP contribution < -0.4 is 5.73 Å². The Labute approximate surface area is 85.8 Å². The Morgan fingerprint density at radius 3 is 2.57 bits per heavy atom. The highest BCUT2D eigenvalue weighted by molar-refractivity contribution is 6.30. The Hall–Kier alpha value is -1.68. The minimum Gasteiger partial charge on any atom is -0.382 e. The number of hydrogen-bond acceptors (Lipinski definition) is 4. The Morgan fingerprint density at radius 2 is 1.93 bits per heavy atom. The summed E-state index contributed by atoms with van der Waals surface area (Å²) in [4.78, 5) is 12.1. The molecule has 0 unspecified atom stereocenters. The summed E-state index contributed by atoms with van der Waals surface area (Å²) >= 11 is 5.71. The highest BCUT2D eigenvalue weighted by Crippen LogP contribution is 2.15. The van der Waals surface area contributed by atoms with Crippen molar-refractivity contribution in [2.45, 2.75) is 0 Å². The number of rotatable bonds is 1. The van der Waals surface area contributed by atoms with Crippen molar-refractivity contribution in [1.82, 2.24) is 15.0 Å². The highest BCUT2D eigenvalue weighted by Gasteiger charge is 2.01. The summed E-state index contributed by atoms with van der Waals surface area (Å²) in [6.07, 6.45) is 4.65. The summed E-state index contributed by atoms with van der Waals surface area (Å²) in [5.41, 5.74) is 6.84. The van der Waals surface area contributed by atoms with Crippen molar-refractivity contribution < 1.29 is 0 Å². The molecule has 0 saturated carbocycles. The van der Waals surface area contributed by atoms with Crippen molar-refractivity contribution in [3.8, 4) is 11.4 Å². The Morgan fingerprint density at radius 1 is 1.07 bits per heavy atom. The van der Waals surface area contributed by atoms with E-state index in [0.29, 0.717) is 22.2 Å². The van der Waals surface area contributed by atoms with Crippen molar-refractivity contribution in [2.24, 2.45) is 0 Å². The normalized spacial score (nSPS) is 10.1. The summed E-state index contributed by atoms with van der Waals surface area (Å²) in [5, 5.41) is 0.589. The fraction of sp³-hybridized carbons (Fsp3) is 0. The maximum Gasteiger partial charge on any atom is 0.142 e. The fourth-order valence-electron chi connectivity index (χ4n) is 1.03. The highest BCUT2D eigenvalue weighted by atomic mass is 35.5. The average Bonchev–Trinajstić information content (AvgIpc) is 2.19.